The molecule has 0 aliphatic carbocycles. The first-order valence-electron chi connectivity index (χ1n) is 9.86. The molecule has 4 aromatic rings. The Kier molecular flexibility index (Phi) is 4.22. The van der Waals surface area contributed by atoms with Crippen molar-refractivity contribution in [2.75, 3.05) is 13.1 Å². The minimum Gasteiger partial charge on any atom is -0.299 e. The fourth-order valence-electron chi connectivity index (χ4n) is 4.48. The van der Waals surface area contributed by atoms with Gasteiger partial charge in [0.2, 0.25) is 0 Å². The smallest absolute Gasteiger partial charge is 0.0859 e. The molecule has 0 fully saturated rings. The Morgan fingerprint density at radius 2 is 1.96 bits per heavy atom. The summed E-state index contributed by atoms with van der Waals surface area (Å²) in [7, 11) is 0. The van der Waals surface area contributed by atoms with Crippen LogP contribution in [0.25, 0.3) is 32.2 Å². The number of rotatable bonds is 3. The molecule has 0 saturated carbocycles. The van der Waals surface area contributed by atoms with Crippen LogP contribution in [0.3, 0.4) is 0 Å². The van der Waals surface area contributed by atoms with E-state index in [1.807, 2.05) is 11.3 Å². The highest BCUT2D eigenvalue weighted by Crippen LogP contribution is 2.39. The molecule has 3 heteroatoms. The molecule has 3 heterocycles. The first-order chi connectivity index (χ1) is 13.3. The lowest BCUT2D eigenvalue weighted by Gasteiger charge is -2.31. The Labute approximate surface area is 164 Å². The summed E-state index contributed by atoms with van der Waals surface area (Å²) in [6.07, 6.45) is 2.31. The van der Waals surface area contributed by atoms with Crippen molar-refractivity contribution in [1.82, 2.24) is 9.88 Å². The number of hydrogen-bond acceptors (Lipinski definition) is 3. The van der Waals surface area contributed by atoms with Crippen molar-refractivity contribution < 1.29 is 0 Å². The molecule has 2 aromatic heterocycles. The van der Waals surface area contributed by atoms with Crippen LogP contribution in [0.5, 0.6) is 0 Å². The van der Waals surface area contributed by atoms with Crippen LogP contribution in [-0.2, 0) is 13.0 Å². The van der Waals surface area contributed by atoms with Crippen molar-refractivity contribution in [2.45, 2.75) is 33.2 Å². The molecule has 5 rings (SSSR count). The number of aromatic nitrogens is 1. The van der Waals surface area contributed by atoms with Gasteiger partial charge in [-0.3, -0.25) is 4.90 Å². The first kappa shape index (κ1) is 16.9. The molecular formula is C24H24N2S. The standard InChI is InChI=1S/C24H24N2S/c1-3-12-26-13-10-19-20(15-26)23(24-16(2)11-14-27-24)25-21-9-8-17-6-4-5-7-18(17)22(19)21/h4-9,11,14H,3,10,12-13,15H2,1-2H3. The van der Waals surface area contributed by atoms with Gasteiger partial charge in [0, 0.05) is 18.5 Å². The number of thiophene rings is 1. The van der Waals surface area contributed by atoms with Crippen LogP contribution < -0.4 is 0 Å². The number of fused-ring (bicyclic) bond motifs is 5. The summed E-state index contributed by atoms with van der Waals surface area (Å²) in [5.74, 6) is 0. The molecule has 2 aromatic carbocycles. The van der Waals surface area contributed by atoms with Crippen molar-refractivity contribution >= 4 is 33.0 Å². The summed E-state index contributed by atoms with van der Waals surface area (Å²) in [5, 5.41) is 6.22. The van der Waals surface area contributed by atoms with Crippen molar-refractivity contribution in [3.8, 4) is 10.6 Å². The van der Waals surface area contributed by atoms with E-state index in [9.17, 15) is 0 Å². The molecule has 1 aliphatic rings. The number of hydrogen-bond donors (Lipinski definition) is 0. The van der Waals surface area contributed by atoms with Crippen molar-refractivity contribution in [3.05, 3.63) is 64.5 Å². The Bertz CT molecular complexity index is 1140. The second-order valence-electron chi connectivity index (χ2n) is 7.56. The van der Waals surface area contributed by atoms with Crippen molar-refractivity contribution in [1.29, 1.82) is 0 Å². The Morgan fingerprint density at radius 1 is 1.07 bits per heavy atom. The molecule has 0 spiro atoms. The number of pyridine rings is 1. The SMILES string of the molecule is CCCN1CCc2c(c(-c3sccc3C)nc3ccc4ccccc4c23)C1. The van der Waals surface area contributed by atoms with Gasteiger partial charge in [0.1, 0.15) is 0 Å². The van der Waals surface area contributed by atoms with Gasteiger partial charge in [0.05, 0.1) is 16.1 Å². The molecule has 0 bridgehead atoms. The molecule has 27 heavy (non-hydrogen) atoms. The maximum atomic E-state index is 5.22. The van der Waals surface area contributed by atoms with E-state index in [-0.39, 0.29) is 0 Å². The maximum absolute atomic E-state index is 5.22. The predicted octanol–water partition coefficient (Wildman–Crippen LogP) is 6.19. The topological polar surface area (TPSA) is 16.1 Å². The molecule has 0 radical (unpaired) electrons. The Balaban J connectivity index is 1.84. The van der Waals surface area contributed by atoms with Gasteiger partial charge in [-0.1, -0.05) is 37.3 Å². The van der Waals surface area contributed by atoms with E-state index >= 15 is 0 Å². The van der Waals surface area contributed by atoms with Gasteiger partial charge in [0.25, 0.3) is 0 Å². The van der Waals surface area contributed by atoms with Crippen LogP contribution in [0, 0.1) is 6.92 Å². The molecule has 0 N–H and O–H groups in total. The van der Waals surface area contributed by atoms with E-state index < -0.39 is 0 Å². The van der Waals surface area contributed by atoms with Crippen LogP contribution in [0.2, 0.25) is 0 Å². The zero-order valence-electron chi connectivity index (χ0n) is 16.0. The molecule has 2 nitrogen and oxygen atoms in total. The van der Waals surface area contributed by atoms with E-state index in [1.54, 1.807) is 0 Å². The van der Waals surface area contributed by atoms with E-state index in [1.165, 1.54) is 49.8 Å². The fourth-order valence-corrected chi connectivity index (χ4v) is 5.42. The third-order valence-corrected chi connectivity index (χ3v) is 6.79. The Hall–Kier alpha value is -2.23. The summed E-state index contributed by atoms with van der Waals surface area (Å²) >= 11 is 1.82. The van der Waals surface area contributed by atoms with E-state index in [2.05, 4.69) is 66.6 Å². The van der Waals surface area contributed by atoms with Crippen molar-refractivity contribution in [2.24, 2.45) is 0 Å². The molecule has 0 saturated heterocycles. The zero-order chi connectivity index (χ0) is 18.4. The average Bonchev–Trinajstić information content (AvgIpc) is 3.13. The van der Waals surface area contributed by atoms with Gasteiger partial charge < -0.3 is 0 Å². The van der Waals surface area contributed by atoms with Crippen LogP contribution >= 0.6 is 11.3 Å². The largest absolute Gasteiger partial charge is 0.299 e. The molecule has 0 unspecified atom stereocenters. The van der Waals surface area contributed by atoms with Gasteiger partial charge in [-0.15, -0.1) is 11.3 Å². The molecular weight excluding hydrogens is 348 g/mol. The lowest BCUT2D eigenvalue weighted by Crippen LogP contribution is -2.32. The number of aryl methyl sites for hydroxylation is 1. The van der Waals surface area contributed by atoms with E-state index in [0.717, 1.165) is 31.6 Å². The van der Waals surface area contributed by atoms with Gasteiger partial charge in [-0.25, -0.2) is 4.98 Å². The van der Waals surface area contributed by atoms with E-state index in [4.69, 9.17) is 4.98 Å². The monoisotopic (exact) mass is 372 g/mol. The summed E-state index contributed by atoms with van der Waals surface area (Å²) in [6, 6.07) is 15.4. The van der Waals surface area contributed by atoms with Crippen LogP contribution in [0.4, 0.5) is 0 Å². The van der Waals surface area contributed by atoms with Crippen LogP contribution in [0.15, 0.2) is 47.8 Å². The summed E-state index contributed by atoms with van der Waals surface area (Å²) in [5.41, 5.74) is 6.65. The van der Waals surface area contributed by atoms with Crippen LogP contribution in [-0.4, -0.2) is 23.0 Å². The quantitative estimate of drug-likeness (QED) is 0.398. The summed E-state index contributed by atoms with van der Waals surface area (Å²) < 4.78 is 0. The predicted molar refractivity (Wildman–Crippen MR) is 117 cm³/mol. The minimum absolute atomic E-state index is 1.02. The normalized spacial score (nSPS) is 14.7. The van der Waals surface area contributed by atoms with Crippen LogP contribution in [0.1, 0.15) is 30.0 Å². The van der Waals surface area contributed by atoms with Gasteiger partial charge in [0.15, 0.2) is 0 Å². The molecule has 136 valence electrons. The highest BCUT2D eigenvalue weighted by Gasteiger charge is 2.25. The lowest BCUT2D eigenvalue weighted by molar-refractivity contribution is 0.255. The minimum atomic E-state index is 1.02. The number of nitrogens with zero attached hydrogens (tertiary/aromatic N) is 2. The molecule has 0 amide bonds. The van der Waals surface area contributed by atoms with Crippen molar-refractivity contribution in [3.63, 3.8) is 0 Å². The second kappa shape index (κ2) is 6.74. The summed E-state index contributed by atoms with van der Waals surface area (Å²) in [6.45, 7) is 7.80. The highest BCUT2D eigenvalue weighted by molar-refractivity contribution is 7.13. The number of benzene rings is 2. The van der Waals surface area contributed by atoms with Gasteiger partial charge in [-0.05, 0) is 71.3 Å². The molecule has 1 aliphatic heterocycles. The van der Waals surface area contributed by atoms with E-state index in [0.29, 0.717) is 0 Å². The maximum Gasteiger partial charge on any atom is 0.0859 e. The average molecular weight is 373 g/mol. The zero-order valence-corrected chi connectivity index (χ0v) is 16.8. The third-order valence-electron chi connectivity index (χ3n) is 5.77. The van der Waals surface area contributed by atoms with Gasteiger partial charge >= 0.3 is 0 Å². The lowest BCUT2D eigenvalue weighted by atomic mass is 9.90. The fraction of sp³-hybridized carbons (Fsp3) is 0.292. The first-order valence-corrected chi connectivity index (χ1v) is 10.7. The van der Waals surface area contributed by atoms with Gasteiger partial charge in [-0.2, -0.15) is 0 Å². The summed E-state index contributed by atoms with van der Waals surface area (Å²) in [4.78, 5) is 9.14. The third kappa shape index (κ3) is 2.77. The second-order valence-corrected chi connectivity index (χ2v) is 8.47. The Morgan fingerprint density at radius 3 is 2.78 bits per heavy atom. The highest BCUT2D eigenvalue weighted by atomic mass is 32.1. The molecule has 0 atom stereocenters.